The molecule has 33 heavy (non-hydrogen) atoms. The molecule has 0 unspecified atom stereocenters. The zero-order valence-corrected chi connectivity index (χ0v) is 19.4. The quantitative estimate of drug-likeness (QED) is 0.554. The molecule has 2 aliphatic rings. The molecule has 4 rings (SSSR count). The summed E-state index contributed by atoms with van der Waals surface area (Å²) in [5.41, 5.74) is 1.58. The van der Waals surface area contributed by atoms with Crippen molar-refractivity contribution in [2.24, 2.45) is 0 Å². The van der Waals surface area contributed by atoms with Gasteiger partial charge in [-0.25, -0.2) is 8.42 Å². The van der Waals surface area contributed by atoms with Gasteiger partial charge in [0.2, 0.25) is 21.8 Å². The number of sulfonamides is 1. The minimum absolute atomic E-state index is 0.114. The predicted molar refractivity (Wildman–Crippen MR) is 124 cm³/mol. The number of amides is 2. The summed E-state index contributed by atoms with van der Waals surface area (Å²) in [6.07, 6.45) is 2.82. The molecule has 0 spiro atoms. The molecular formula is C23H30N4O5S. The zero-order valence-electron chi connectivity index (χ0n) is 18.6. The Morgan fingerprint density at radius 1 is 0.879 bits per heavy atom. The number of hydrogen-bond acceptors (Lipinski definition) is 7. The van der Waals surface area contributed by atoms with Crippen LogP contribution in [0.1, 0.15) is 30.6 Å². The number of furan rings is 1. The number of piperazine rings is 1. The first kappa shape index (κ1) is 23.5. The van der Waals surface area contributed by atoms with Crippen molar-refractivity contribution in [3.05, 3.63) is 54.0 Å². The van der Waals surface area contributed by atoms with Gasteiger partial charge in [-0.3, -0.25) is 29.0 Å². The van der Waals surface area contributed by atoms with Gasteiger partial charge in [-0.2, -0.15) is 0 Å². The number of imide groups is 1. The monoisotopic (exact) mass is 474 g/mol. The molecule has 1 N–H and O–H groups in total. The summed E-state index contributed by atoms with van der Waals surface area (Å²) in [5, 5.41) is 0. The van der Waals surface area contributed by atoms with Crippen molar-refractivity contribution in [1.82, 2.24) is 14.7 Å². The highest BCUT2D eigenvalue weighted by atomic mass is 32.2. The second-order valence-electron chi connectivity index (χ2n) is 8.54. The number of likely N-dealkylation sites (tertiary alicyclic amines) is 1. The Bertz CT molecular complexity index is 1030. The van der Waals surface area contributed by atoms with Crippen molar-refractivity contribution in [2.75, 3.05) is 43.2 Å². The summed E-state index contributed by atoms with van der Waals surface area (Å²) in [7, 11) is -3.67. The maximum absolute atomic E-state index is 12.4. The minimum atomic E-state index is -3.67. The van der Waals surface area contributed by atoms with Gasteiger partial charge in [-0.1, -0.05) is 12.1 Å². The van der Waals surface area contributed by atoms with Crippen molar-refractivity contribution >= 4 is 27.5 Å². The molecule has 0 radical (unpaired) electrons. The molecule has 1 aromatic carbocycles. The summed E-state index contributed by atoms with van der Waals surface area (Å²) in [6, 6.07) is 11.2. The average molecular weight is 475 g/mol. The third-order valence-corrected chi connectivity index (χ3v) is 7.29. The number of anilines is 1. The SMILES string of the molecule is O=C1CCCC(=O)N1CCS(=O)(=O)Nc1ccc(CN2CCN(Cc3ccco3)CC2)cc1. The molecule has 9 nitrogen and oxygen atoms in total. The first-order valence-electron chi connectivity index (χ1n) is 11.3. The zero-order chi connectivity index (χ0) is 23.3. The van der Waals surface area contributed by atoms with Gasteiger partial charge in [0, 0.05) is 57.8 Å². The van der Waals surface area contributed by atoms with Crippen molar-refractivity contribution in [3.63, 3.8) is 0 Å². The van der Waals surface area contributed by atoms with Crippen LogP contribution in [0, 0.1) is 0 Å². The van der Waals surface area contributed by atoms with Crippen LogP contribution in [0.5, 0.6) is 0 Å². The van der Waals surface area contributed by atoms with Crippen molar-refractivity contribution < 1.29 is 22.4 Å². The van der Waals surface area contributed by atoms with E-state index in [4.69, 9.17) is 4.42 Å². The fourth-order valence-electron chi connectivity index (χ4n) is 4.16. The normalized spacial score (nSPS) is 18.6. The van der Waals surface area contributed by atoms with E-state index in [2.05, 4.69) is 14.5 Å². The van der Waals surface area contributed by atoms with E-state index in [1.807, 2.05) is 24.3 Å². The van der Waals surface area contributed by atoms with Crippen LogP contribution in [0.15, 0.2) is 47.1 Å². The van der Waals surface area contributed by atoms with Crippen molar-refractivity contribution in [3.8, 4) is 0 Å². The molecule has 2 amide bonds. The van der Waals surface area contributed by atoms with Gasteiger partial charge >= 0.3 is 0 Å². The first-order valence-corrected chi connectivity index (χ1v) is 12.9. The van der Waals surface area contributed by atoms with Crippen LogP contribution in [0.3, 0.4) is 0 Å². The molecule has 0 aliphatic carbocycles. The number of nitrogens with zero attached hydrogens (tertiary/aromatic N) is 3. The summed E-state index contributed by atoms with van der Waals surface area (Å²) in [6.45, 7) is 5.39. The van der Waals surface area contributed by atoms with Crippen molar-refractivity contribution in [2.45, 2.75) is 32.4 Å². The standard InChI is InChI=1S/C23H30N4O5S/c28-22-4-1-5-23(29)27(22)14-16-33(30,31)24-20-8-6-19(7-9-20)17-25-10-12-26(13-11-25)18-21-3-2-15-32-21/h2-3,6-9,15,24H,1,4-5,10-14,16-18H2. The summed E-state index contributed by atoms with van der Waals surface area (Å²) in [4.78, 5) is 29.5. The summed E-state index contributed by atoms with van der Waals surface area (Å²) < 4.78 is 32.8. The Labute approximate surface area is 194 Å². The number of rotatable bonds is 9. The largest absolute Gasteiger partial charge is 0.468 e. The van der Waals surface area contributed by atoms with E-state index in [9.17, 15) is 18.0 Å². The van der Waals surface area contributed by atoms with Gasteiger partial charge in [0.1, 0.15) is 5.76 Å². The predicted octanol–water partition coefficient (Wildman–Crippen LogP) is 1.88. The lowest BCUT2D eigenvalue weighted by molar-refractivity contribution is -0.147. The fraction of sp³-hybridized carbons (Fsp3) is 0.478. The molecule has 1 aromatic heterocycles. The van der Waals surface area contributed by atoms with Gasteiger partial charge < -0.3 is 4.42 Å². The highest BCUT2D eigenvalue weighted by molar-refractivity contribution is 7.92. The molecule has 2 saturated heterocycles. The van der Waals surface area contributed by atoms with E-state index in [-0.39, 0.29) is 24.1 Å². The minimum Gasteiger partial charge on any atom is -0.468 e. The fourth-order valence-corrected chi connectivity index (χ4v) is 5.18. The summed E-state index contributed by atoms with van der Waals surface area (Å²) in [5.74, 6) is 0.0740. The smallest absolute Gasteiger partial charge is 0.234 e. The number of carbonyl (C=O) groups excluding carboxylic acids is 2. The van der Waals surface area contributed by atoms with E-state index in [0.717, 1.165) is 55.5 Å². The molecule has 0 bridgehead atoms. The van der Waals surface area contributed by atoms with Gasteiger partial charge in [0.15, 0.2) is 0 Å². The highest BCUT2D eigenvalue weighted by Crippen LogP contribution is 2.16. The Hall–Kier alpha value is -2.69. The lowest BCUT2D eigenvalue weighted by atomic mass is 10.1. The third kappa shape index (κ3) is 6.66. The molecule has 2 aliphatic heterocycles. The number of hydrogen-bond donors (Lipinski definition) is 1. The second-order valence-corrected chi connectivity index (χ2v) is 10.4. The molecule has 3 heterocycles. The van der Waals surface area contributed by atoms with Gasteiger partial charge in [-0.05, 0) is 36.2 Å². The van der Waals surface area contributed by atoms with Crippen molar-refractivity contribution in [1.29, 1.82) is 0 Å². The number of piperidine rings is 1. The van der Waals surface area contributed by atoms with E-state index >= 15 is 0 Å². The molecule has 2 fully saturated rings. The molecule has 0 saturated carbocycles. The van der Waals surface area contributed by atoms with E-state index < -0.39 is 10.0 Å². The molecule has 2 aromatic rings. The van der Waals surface area contributed by atoms with Crippen LogP contribution in [0.25, 0.3) is 0 Å². The topological polar surface area (TPSA) is 103 Å². The average Bonchev–Trinajstić information content (AvgIpc) is 3.29. The van der Waals surface area contributed by atoms with Crippen LogP contribution >= 0.6 is 0 Å². The van der Waals surface area contributed by atoms with Gasteiger partial charge in [0.05, 0.1) is 18.6 Å². The van der Waals surface area contributed by atoms with Crippen LogP contribution in [-0.2, 0) is 32.7 Å². The highest BCUT2D eigenvalue weighted by Gasteiger charge is 2.27. The summed E-state index contributed by atoms with van der Waals surface area (Å²) >= 11 is 0. The Kier molecular flexibility index (Phi) is 7.46. The van der Waals surface area contributed by atoms with Gasteiger partial charge in [-0.15, -0.1) is 0 Å². The van der Waals surface area contributed by atoms with Crippen LogP contribution < -0.4 is 4.72 Å². The maximum atomic E-state index is 12.4. The molecule has 178 valence electrons. The molecule has 10 heteroatoms. The maximum Gasteiger partial charge on any atom is 0.234 e. The molecule has 0 atom stereocenters. The Morgan fingerprint density at radius 3 is 2.12 bits per heavy atom. The number of benzene rings is 1. The lowest BCUT2D eigenvalue weighted by Crippen LogP contribution is -2.45. The van der Waals surface area contributed by atoms with Crippen LogP contribution in [0.2, 0.25) is 0 Å². The third-order valence-electron chi connectivity index (χ3n) is 6.02. The van der Waals surface area contributed by atoms with Crippen LogP contribution in [0.4, 0.5) is 5.69 Å². The molecular weight excluding hydrogens is 444 g/mol. The number of nitrogens with one attached hydrogen (secondary N) is 1. The number of carbonyl (C=O) groups is 2. The van der Waals surface area contributed by atoms with E-state index in [1.54, 1.807) is 18.4 Å². The van der Waals surface area contributed by atoms with Crippen LogP contribution in [-0.4, -0.2) is 73.4 Å². The van der Waals surface area contributed by atoms with Gasteiger partial charge in [0.25, 0.3) is 0 Å². The Balaban J connectivity index is 1.22. The second kappa shape index (κ2) is 10.5. The Morgan fingerprint density at radius 2 is 1.52 bits per heavy atom. The lowest BCUT2D eigenvalue weighted by Gasteiger charge is -2.34. The first-order chi connectivity index (χ1) is 15.9. The van der Waals surface area contributed by atoms with E-state index in [1.165, 1.54) is 0 Å². The van der Waals surface area contributed by atoms with E-state index in [0.29, 0.717) is 24.9 Å².